The van der Waals surface area contributed by atoms with Crippen LogP contribution < -0.4 is 16.0 Å². The number of piperidine rings is 1. The van der Waals surface area contributed by atoms with E-state index in [4.69, 9.17) is 11.6 Å². The first-order valence-corrected chi connectivity index (χ1v) is 7.53. The third kappa shape index (κ3) is 4.54. The van der Waals surface area contributed by atoms with Gasteiger partial charge in [-0.2, -0.15) is 0 Å². The van der Waals surface area contributed by atoms with Gasteiger partial charge in [0.15, 0.2) is 0 Å². The molecule has 1 aliphatic rings. The summed E-state index contributed by atoms with van der Waals surface area (Å²) >= 11 is 5.96. The van der Waals surface area contributed by atoms with Gasteiger partial charge in [-0.25, -0.2) is 0 Å². The maximum absolute atomic E-state index is 11.9. The number of amides is 3. The molecule has 3 N–H and O–H groups in total. The molecule has 0 aromatic heterocycles. The molecule has 6 nitrogen and oxygen atoms in total. The Morgan fingerprint density at radius 1 is 1.14 bits per heavy atom. The molecule has 1 aromatic rings. The van der Waals surface area contributed by atoms with Crippen molar-refractivity contribution in [2.45, 2.75) is 19.4 Å². The van der Waals surface area contributed by atoms with Gasteiger partial charge in [0.05, 0.1) is 0 Å². The molecule has 1 aliphatic heterocycles. The first-order chi connectivity index (χ1) is 10.6. The van der Waals surface area contributed by atoms with Gasteiger partial charge in [-0.05, 0) is 37.6 Å². The standard InChI is InChI=1S/C15H18ClN3O3/c16-12-4-2-1-3-11(12)9-18-14(21)15(22)19-13(20)10-5-7-17-8-6-10/h1-4,10,17H,5-9H2,(H,18,21)(H,19,20,22). The van der Waals surface area contributed by atoms with Crippen LogP contribution in [0.1, 0.15) is 18.4 Å². The number of hydrogen-bond acceptors (Lipinski definition) is 4. The van der Waals surface area contributed by atoms with Gasteiger partial charge in [0, 0.05) is 17.5 Å². The third-order valence-corrected chi connectivity index (χ3v) is 3.92. The zero-order chi connectivity index (χ0) is 15.9. The van der Waals surface area contributed by atoms with Crippen LogP contribution in [-0.4, -0.2) is 30.8 Å². The smallest absolute Gasteiger partial charge is 0.315 e. The van der Waals surface area contributed by atoms with E-state index in [2.05, 4.69) is 16.0 Å². The molecule has 0 aliphatic carbocycles. The number of carbonyl (C=O) groups is 3. The van der Waals surface area contributed by atoms with Crippen molar-refractivity contribution in [1.29, 1.82) is 0 Å². The number of hydrogen-bond donors (Lipinski definition) is 3. The molecule has 1 saturated heterocycles. The van der Waals surface area contributed by atoms with Gasteiger partial charge < -0.3 is 10.6 Å². The predicted molar refractivity (Wildman–Crippen MR) is 82.0 cm³/mol. The minimum absolute atomic E-state index is 0.132. The van der Waals surface area contributed by atoms with Crippen molar-refractivity contribution in [3.05, 3.63) is 34.9 Å². The highest BCUT2D eigenvalue weighted by Gasteiger charge is 2.24. The first-order valence-electron chi connectivity index (χ1n) is 7.15. The molecular formula is C15H18ClN3O3. The number of halogens is 1. The predicted octanol–water partition coefficient (Wildman–Crippen LogP) is 0.599. The van der Waals surface area contributed by atoms with Crippen LogP contribution in [0.2, 0.25) is 5.02 Å². The summed E-state index contributed by atoms with van der Waals surface area (Å²) in [6.45, 7) is 1.61. The van der Waals surface area contributed by atoms with E-state index >= 15 is 0 Å². The van der Waals surface area contributed by atoms with E-state index in [-0.39, 0.29) is 18.4 Å². The zero-order valence-electron chi connectivity index (χ0n) is 12.0. The molecule has 0 radical (unpaired) electrons. The summed E-state index contributed by atoms with van der Waals surface area (Å²) in [7, 11) is 0. The van der Waals surface area contributed by atoms with Crippen LogP contribution in [0, 0.1) is 5.92 Å². The summed E-state index contributed by atoms with van der Waals surface area (Å²) in [5.41, 5.74) is 0.704. The van der Waals surface area contributed by atoms with E-state index < -0.39 is 11.8 Å². The highest BCUT2D eigenvalue weighted by molar-refractivity contribution is 6.37. The maximum atomic E-state index is 11.9. The molecule has 2 rings (SSSR count). The molecule has 22 heavy (non-hydrogen) atoms. The van der Waals surface area contributed by atoms with Crippen LogP contribution in [-0.2, 0) is 20.9 Å². The average molecular weight is 324 g/mol. The van der Waals surface area contributed by atoms with Gasteiger partial charge in [0.2, 0.25) is 5.91 Å². The summed E-state index contributed by atoms with van der Waals surface area (Å²) in [6, 6.07) is 7.01. The molecule has 0 atom stereocenters. The van der Waals surface area contributed by atoms with Crippen molar-refractivity contribution in [3.63, 3.8) is 0 Å². The Morgan fingerprint density at radius 2 is 1.82 bits per heavy atom. The molecule has 118 valence electrons. The molecule has 1 fully saturated rings. The molecule has 0 unspecified atom stereocenters. The summed E-state index contributed by atoms with van der Waals surface area (Å²) in [6.07, 6.45) is 1.33. The summed E-state index contributed by atoms with van der Waals surface area (Å²) in [5, 5.41) is 8.24. The van der Waals surface area contributed by atoms with Crippen LogP contribution >= 0.6 is 11.6 Å². The minimum atomic E-state index is -0.935. The van der Waals surface area contributed by atoms with Gasteiger partial charge in [0.25, 0.3) is 0 Å². The van der Waals surface area contributed by atoms with Gasteiger partial charge in [0.1, 0.15) is 0 Å². The van der Waals surface area contributed by atoms with Crippen LogP contribution in [0.25, 0.3) is 0 Å². The second-order valence-electron chi connectivity index (χ2n) is 5.12. The van der Waals surface area contributed by atoms with Crippen molar-refractivity contribution in [2.75, 3.05) is 13.1 Å². The van der Waals surface area contributed by atoms with E-state index in [1.54, 1.807) is 24.3 Å². The topological polar surface area (TPSA) is 87.3 Å². The van der Waals surface area contributed by atoms with Crippen LogP contribution in [0.5, 0.6) is 0 Å². The molecule has 1 aromatic carbocycles. The molecular weight excluding hydrogens is 306 g/mol. The first kappa shape index (κ1) is 16.5. The number of carbonyl (C=O) groups excluding carboxylic acids is 3. The SMILES string of the molecule is O=C(NCc1ccccc1Cl)C(=O)NC(=O)C1CCNCC1. The lowest BCUT2D eigenvalue weighted by atomic mass is 9.97. The fourth-order valence-electron chi connectivity index (χ4n) is 2.25. The van der Waals surface area contributed by atoms with Gasteiger partial charge in [-0.1, -0.05) is 29.8 Å². The van der Waals surface area contributed by atoms with E-state index in [0.29, 0.717) is 23.4 Å². The quantitative estimate of drug-likeness (QED) is 0.711. The minimum Gasteiger partial charge on any atom is -0.344 e. The molecule has 0 spiro atoms. The van der Waals surface area contributed by atoms with Gasteiger partial charge in [-0.15, -0.1) is 0 Å². The van der Waals surface area contributed by atoms with Crippen molar-refractivity contribution in [2.24, 2.45) is 5.92 Å². The Balaban J connectivity index is 1.80. The van der Waals surface area contributed by atoms with Crippen molar-refractivity contribution < 1.29 is 14.4 Å². The Morgan fingerprint density at radius 3 is 2.50 bits per heavy atom. The lowest BCUT2D eigenvalue weighted by molar-refractivity contribution is -0.143. The maximum Gasteiger partial charge on any atom is 0.315 e. The van der Waals surface area contributed by atoms with E-state index in [1.165, 1.54) is 0 Å². The lowest BCUT2D eigenvalue weighted by Crippen LogP contribution is -2.46. The second-order valence-corrected chi connectivity index (χ2v) is 5.52. The van der Waals surface area contributed by atoms with Crippen molar-refractivity contribution in [1.82, 2.24) is 16.0 Å². The highest BCUT2D eigenvalue weighted by atomic mass is 35.5. The van der Waals surface area contributed by atoms with E-state index in [9.17, 15) is 14.4 Å². The van der Waals surface area contributed by atoms with Gasteiger partial charge in [-0.3, -0.25) is 19.7 Å². The van der Waals surface area contributed by atoms with Crippen LogP contribution in [0.15, 0.2) is 24.3 Å². The fraction of sp³-hybridized carbons (Fsp3) is 0.400. The largest absolute Gasteiger partial charge is 0.344 e. The van der Waals surface area contributed by atoms with Crippen LogP contribution in [0.3, 0.4) is 0 Å². The summed E-state index contributed by atoms with van der Waals surface area (Å²) in [4.78, 5) is 35.3. The average Bonchev–Trinajstić information content (AvgIpc) is 2.54. The lowest BCUT2D eigenvalue weighted by Gasteiger charge is -2.21. The highest BCUT2D eigenvalue weighted by Crippen LogP contribution is 2.14. The molecule has 0 bridgehead atoms. The third-order valence-electron chi connectivity index (χ3n) is 3.55. The Hall–Kier alpha value is -1.92. The number of imide groups is 1. The second kappa shape index (κ2) is 7.91. The fourth-order valence-corrected chi connectivity index (χ4v) is 2.45. The number of benzene rings is 1. The summed E-state index contributed by atoms with van der Waals surface area (Å²) < 4.78 is 0. The summed E-state index contributed by atoms with van der Waals surface area (Å²) in [5.74, 6) is -2.39. The Labute approximate surface area is 133 Å². The van der Waals surface area contributed by atoms with Crippen LogP contribution in [0.4, 0.5) is 0 Å². The monoisotopic (exact) mass is 323 g/mol. The Bertz CT molecular complexity index is 571. The normalized spacial score (nSPS) is 15.1. The molecule has 0 saturated carbocycles. The number of rotatable bonds is 3. The molecule has 1 heterocycles. The molecule has 3 amide bonds. The van der Waals surface area contributed by atoms with Crippen molar-refractivity contribution >= 4 is 29.3 Å². The molecule has 7 heteroatoms. The zero-order valence-corrected chi connectivity index (χ0v) is 12.8. The van der Waals surface area contributed by atoms with E-state index in [0.717, 1.165) is 13.1 Å². The van der Waals surface area contributed by atoms with Gasteiger partial charge >= 0.3 is 11.8 Å². The number of nitrogens with one attached hydrogen (secondary N) is 3. The van der Waals surface area contributed by atoms with E-state index in [1.807, 2.05) is 0 Å². The Kier molecular flexibility index (Phi) is 5.91. The van der Waals surface area contributed by atoms with Crippen molar-refractivity contribution in [3.8, 4) is 0 Å².